The monoisotopic (exact) mass is 275 g/mol. The van der Waals surface area contributed by atoms with Crippen LogP contribution in [0.2, 0.25) is 0 Å². The van der Waals surface area contributed by atoms with Crippen LogP contribution in [-0.4, -0.2) is 24.5 Å². The van der Waals surface area contributed by atoms with Crippen molar-refractivity contribution in [2.24, 2.45) is 0 Å². The zero-order valence-electron chi connectivity index (χ0n) is 11.1. The van der Waals surface area contributed by atoms with Gasteiger partial charge in [0.15, 0.2) is 0 Å². The van der Waals surface area contributed by atoms with Crippen molar-refractivity contribution in [1.82, 2.24) is 4.90 Å². The van der Waals surface area contributed by atoms with Crippen molar-refractivity contribution in [2.75, 3.05) is 13.7 Å². The molecule has 1 aromatic heterocycles. The summed E-state index contributed by atoms with van der Waals surface area (Å²) in [6.45, 7) is 3.34. The van der Waals surface area contributed by atoms with Gasteiger partial charge in [-0.1, -0.05) is 12.1 Å². The largest absolute Gasteiger partial charge is 0.497 e. The summed E-state index contributed by atoms with van der Waals surface area (Å²) >= 11 is 1.67. The van der Waals surface area contributed by atoms with E-state index in [9.17, 15) is 4.79 Å². The molecule has 0 saturated carbocycles. The number of carbonyl (C=O) groups excluding carboxylic acids is 1. The quantitative estimate of drug-likeness (QED) is 0.836. The maximum absolute atomic E-state index is 12.4. The van der Waals surface area contributed by atoms with Crippen molar-refractivity contribution in [2.45, 2.75) is 13.5 Å². The van der Waals surface area contributed by atoms with E-state index in [-0.39, 0.29) is 5.91 Å². The molecule has 0 radical (unpaired) electrons. The molecule has 0 N–H and O–H groups in total. The van der Waals surface area contributed by atoms with Gasteiger partial charge in [0.1, 0.15) is 5.75 Å². The Morgan fingerprint density at radius 2 is 2.16 bits per heavy atom. The molecule has 0 saturated heterocycles. The molecule has 3 nitrogen and oxygen atoms in total. The fourth-order valence-electron chi connectivity index (χ4n) is 1.86. The zero-order valence-corrected chi connectivity index (χ0v) is 11.9. The number of nitrogens with zero attached hydrogens (tertiary/aromatic N) is 1. The van der Waals surface area contributed by atoms with Crippen LogP contribution in [0.15, 0.2) is 41.8 Å². The Labute approximate surface area is 117 Å². The molecule has 2 aromatic rings. The highest BCUT2D eigenvalue weighted by atomic mass is 32.1. The van der Waals surface area contributed by atoms with Gasteiger partial charge < -0.3 is 9.64 Å². The molecule has 1 amide bonds. The molecule has 2 rings (SSSR count). The lowest BCUT2D eigenvalue weighted by molar-refractivity contribution is 0.0754. The molecule has 0 aliphatic carbocycles. The topological polar surface area (TPSA) is 29.5 Å². The van der Waals surface area contributed by atoms with Crippen LogP contribution < -0.4 is 4.74 Å². The molecule has 0 unspecified atom stereocenters. The van der Waals surface area contributed by atoms with Gasteiger partial charge in [-0.25, -0.2) is 0 Å². The van der Waals surface area contributed by atoms with Crippen LogP contribution in [0.4, 0.5) is 0 Å². The maximum atomic E-state index is 12.4. The Morgan fingerprint density at radius 3 is 2.79 bits per heavy atom. The van der Waals surface area contributed by atoms with E-state index in [0.717, 1.165) is 0 Å². The molecule has 0 aliphatic rings. The second-order valence-electron chi connectivity index (χ2n) is 4.13. The first-order chi connectivity index (χ1) is 9.24. The summed E-state index contributed by atoms with van der Waals surface area (Å²) in [7, 11) is 1.60. The minimum absolute atomic E-state index is 0.0369. The van der Waals surface area contributed by atoms with Crippen LogP contribution in [-0.2, 0) is 6.54 Å². The highest BCUT2D eigenvalue weighted by Gasteiger charge is 2.15. The summed E-state index contributed by atoms with van der Waals surface area (Å²) in [4.78, 5) is 15.5. The van der Waals surface area contributed by atoms with E-state index in [2.05, 4.69) is 0 Å². The lowest BCUT2D eigenvalue weighted by Crippen LogP contribution is -2.29. The Morgan fingerprint density at radius 1 is 1.32 bits per heavy atom. The molecule has 1 aromatic carbocycles. The van der Waals surface area contributed by atoms with E-state index in [4.69, 9.17) is 4.74 Å². The Hall–Kier alpha value is -1.81. The Balaban J connectivity index is 2.15. The molecular weight excluding hydrogens is 258 g/mol. The number of amides is 1. The summed E-state index contributed by atoms with van der Waals surface area (Å²) in [6, 6.07) is 11.3. The minimum atomic E-state index is 0.0369. The van der Waals surface area contributed by atoms with Crippen LogP contribution in [0.1, 0.15) is 22.2 Å². The molecule has 0 fully saturated rings. The first-order valence-electron chi connectivity index (χ1n) is 6.20. The molecule has 0 spiro atoms. The number of hydrogen-bond donors (Lipinski definition) is 0. The van der Waals surface area contributed by atoms with Gasteiger partial charge in [-0.15, -0.1) is 11.3 Å². The van der Waals surface area contributed by atoms with Gasteiger partial charge in [0.05, 0.1) is 13.7 Å². The Kier molecular flexibility index (Phi) is 4.58. The smallest absolute Gasteiger partial charge is 0.254 e. The van der Waals surface area contributed by atoms with E-state index >= 15 is 0 Å². The maximum Gasteiger partial charge on any atom is 0.254 e. The standard InChI is InChI=1S/C15H17NO2S/c1-3-16(11-14-8-5-9-19-14)15(17)12-6-4-7-13(10-12)18-2/h4-10H,3,11H2,1-2H3. The van der Waals surface area contributed by atoms with E-state index in [1.807, 2.05) is 47.5 Å². The van der Waals surface area contributed by atoms with Crippen LogP contribution in [0.3, 0.4) is 0 Å². The predicted octanol–water partition coefficient (Wildman–Crippen LogP) is 3.42. The first kappa shape index (κ1) is 13.6. The average Bonchev–Trinajstić information content (AvgIpc) is 2.97. The van der Waals surface area contributed by atoms with Crippen LogP contribution in [0.5, 0.6) is 5.75 Å². The van der Waals surface area contributed by atoms with Gasteiger partial charge >= 0.3 is 0 Å². The number of carbonyl (C=O) groups is 1. The number of hydrogen-bond acceptors (Lipinski definition) is 3. The predicted molar refractivity (Wildman–Crippen MR) is 77.7 cm³/mol. The van der Waals surface area contributed by atoms with Crippen molar-refractivity contribution in [1.29, 1.82) is 0 Å². The van der Waals surface area contributed by atoms with Crippen LogP contribution >= 0.6 is 11.3 Å². The molecular formula is C15H17NO2S. The third-order valence-corrected chi connectivity index (χ3v) is 3.77. The third kappa shape index (κ3) is 3.35. The van der Waals surface area contributed by atoms with E-state index in [0.29, 0.717) is 24.4 Å². The summed E-state index contributed by atoms with van der Waals surface area (Å²) in [5.41, 5.74) is 0.665. The molecule has 4 heteroatoms. The van der Waals surface area contributed by atoms with Gasteiger partial charge in [-0.05, 0) is 36.6 Å². The molecule has 0 bridgehead atoms. The molecule has 0 aliphatic heterocycles. The van der Waals surface area contributed by atoms with Crippen molar-refractivity contribution in [3.63, 3.8) is 0 Å². The second kappa shape index (κ2) is 6.38. The third-order valence-electron chi connectivity index (χ3n) is 2.91. The van der Waals surface area contributed by atoms with Crippen molar-refractivity contribution < 1.29 is 9.53 Å². The van der Waals surface area contributed by atoms with Crippen molar-refractivity contribution in [3.8, 4) is 5.75 Å². The van der Waals surface area contributed by atoms with E-state index < -0.39 is 0 Å². The number of benzene rings is 1. The van der Waals surface area contributed by atoms with Gasteiger partial charge in [-0.2, -0.15) is 0 Å². The van der Waals surface area contributed by atoms with Crippen LogP contribution in [0, 0.1) is 0 Å². The Bertz CT molecular complexity index is 537. The number of ether oxygens (including phenoxy) is 1. The van der Waals surface area contributed by atoms with Gasteiger partial charge in [0.2, 0.25) is 0 Å². The molecule has 1 heterocycles. The number of rotatable bonds is 5. The number of methoxy groups -OCH3 is 1. The molecule has 100 valence electrons. The summed E-state index contributed by atoms with van der Waals surface area (Å²) in [5, 5.41) is 2.03. The van der Waals surface area contributed by atoms with Crippen LogP contribution in [0.25, 0.3) is 0 Å². The summed E-state index contributed by atoms with van der Waals surface area (Å²) < 4.78 is 5.16. The minimum Gasteiger partial charge on any atom is -0.497 e. The SMILES string of the molecule is CCN(Cc1cccs1)C(=O)c1cccc(OC)c1. The highest BCUT2D eigenvalue weighted by molar-refractivity contribution is 7.09. The highest BCUT2D eigenvalue weighted by Crippen LogP contribution is 2.17. The van der Waals surface area contributed by atoms with Gasteiger partial charge in [-0.3, -0.25) is 4.79 Å². The molecule has 19 heavy (non-hydrogen) atoms. The fraction of sp³-hybridized carbons (Fsp3) is 0.267. The van der Waals surface area contributed by atoms with E-state index in [1.165, 1.54) is 4.88 Å². The summed E-state index contributed by atoms with van der Waals surface area (Å²) in [6.07, 6.45) is 0. The van der Waals surface area contributed by atoms with Gasteiger partial charge in [0, 0.05) is 17.0 Å². The van der Waals surface area contributed by atoms with Crippen molar-refractivity contribution in [3.05, 3.63) is 52.2 Å². The normalized spacial score (nSPS) is 10.2. The number of thiophene rings is 1. The van der Waals surface area contributed by atoms with Gasteiger partial charge in [0.25, 0.3) is 5.91 Å². The fourth-order valence-corrected chi connectivity index (χ4v) is 2.58. The molecule has 0 atom stereocenters. The lowest BCUT2D eigenvalue weighted by Gasteiger charge is -2.20. The average molecular weight is 275 g/mol. The second-order valence-corrected chi connectivity index (χ2v) is 5.16. The zero-order chi connectivity index (χ0) is 13.7. The first-order valence-corrected chi connectivity index (χ1v) is 7.08. The van der Waals surface area contributed by atoms with Crippen molar-refractivity contribution >= 4 is 17.2 Å². The summed E-state index contributed by atoms with van der Waals surface area (Å²) in [5.74, 6) is 0.743. The lowest BCUT2D eigenvalue weighted by atomic mass is 10.2. The van der Waals surface area contributed by atoms with E-state index in [1.54, 1.807) is 24.5 Å².